The average molecular weight is 307 g/mol. The molecule has 3 saturated carbocycles. The van der Waals surface area contributed by atoms with Crippen LogP contribution in [0.2, 0.25) is 0 Å². The molecule has 7 atom stereocenters. The van der Waals surface area contributed by atoms with Gasteiger partial charge in [0.2, 0.25) is 0 Å². The van der Waals surface area contributed by atoms with Crippen LogP contribution in [0, 0.1) is 28.6 Å². The monoisotopic (exact) mass is 307 g/mol. The van der Waals surface area contributed by atoms with E-state index in [2.05, 4.69) is 20.4 Å². The first-order chi connectivity index (χ1) is 10.3. The van der Waals surface area contributed by atoms with Crippen molar-refractivity contribution >= 4 is 0 Å². The maximum atomic E-state index is 11.2. The minimum atomic E-state index is -0.243. The summed E-state index contributed by atoms with van der Waals surface area (Å²) in [6.45, 7) is 9.51. The van der Waals surface area contributed by atoms with E-state index in [1.807, 2.05) is 0 Å². The van der Waals surface area contributed by atoms with Crippen LogP contribution in [0.5, 0.6) is 0 Å². The van der Waals surface area contributed by atoms with Crippen LogP contribution in [0.3, 0.4) is 0 Å². The van der Waals surface area contributed by atoms with Crippen molar-refractivity contribution in [2.24, 2.45) is 34.3 Å². The molecule has 0 heterocycles. The van der Waals surface area contributed by atoms with Crippen molar-refractivity contribution in [2.45, 2.75) is 71.0 Å². The van der Waals surface area contributed by atoms with Crippen LogP contribution in [0.25, 0.3) is 0 Å². The molecule has 0 aromatic rings. The fourth-order valence-corrected chi connectivity index (χ4v) is 5.98. The van der Waals surface area contributed by atoms with Crippen molar-refractivity contribution in [2.75, 3.05) is 6.54 Å². The minimum absolute atomic E-state index is 0.0681. The van der Waals surface area contributed by atoms with E-state index in [1.165, 1.54) is 5.57 Å². The summed E-state index contributed by atoms with van der Waals surface area (Å²) in [5, 5.41) is 21.2. The molecule has 0 saturated heterocycles. The fourth-order valence-electron chi connectivity index (χ4n) is 5.98. The first-order valence-corrected chi connectivity index (χ1v) is 9.07. The van der Waals surface area contributed by atoms with E-state index >= 15 is 0 Å². The standard InChI is InChI=1S/C19H33NO2/c1-12-4-5-15-17(22)16(7-9-18(12,15)2)19(3)8-6-14(21)10-13(19)11-20/h13-17,21-22H,1,4-11,20H2,2-3H3/t13-,14+,15?,16?,17+,18-,19+/m1/s1. The fraction of sp³-hybridized carbons (Fsp3) is 0.895. The largest absolute Gasteiger partial charge is 0.393 e. The van der Waals surface area contributed by atoms with E-state index in [4.69, 9.17) is 5.73 Å². The Balaban J connectivity index is 1.85. The maximum absolute atomic E-state index is 11.2. The van der Waals surface area contributed by atoms with Gasteiger partial charge in [-0.15, -0.1) is 0 Å². The lowest BCUT2D eigenvalue weighted by atomic mass is 9.52. The number of aliphatic hydroxyl groups excluding tert-OH is 2. The normalized spacial score (nSPS) is 52.6. The lowest BCUT2D eigenvalue weighted by Gasteiger charge is -2.55. The lowest BCUT2D eigenvalue weighted by molar-refractivity contribution is -0.117. The van der Waals surface area contributed by atoms with Gasteiger partial charge >= 0.3 is 0 Å². The molecular formula is C19H33NO2. The highest BCUT2D eigenvalue weighted by molar-refractivity contribution is 5.21. The van der Waals surface area contributed by atoms with Gasteiger partial charge in [0.25, 0.3) is 0 Å². The van der Waals surface area contributed by atoms with Crippen LogP contribution in [0.4, 0.5) is 0 Å². The molecule has 0 radical (unpaired) electrons. The van der Waals surface area contributed by atoms with Crippen molar-refractivity contribution in [3.8, 4) is 0 Å². The minimum Gasteiger partial charge on any atom is -0.393 e. The van der Waals surface area contributed by atoms with Gasteiger partial charge in [-0.3, -0.25) is 0 Å². The van der Waals surface area contributed by atoms with Gasteiger partial charge in [0.05, 0.1) is 12.2 Å². The molecule has 3 heteroatoms. The summed E-state index contributed by atoms with van der Waals surface area (Å²) < 4.78 is 0. The number of allylic oxidation sites excluding steroid dienone is 1. The molecule has 126 valence electrons. The third kappa shape index (κ3) is 2.28. The van der Waals surface area contributed by atoms with E-state index < -0.39 is 0 Å². The van der Waals surface area contributed by atoms with E-state index in [1.54, 1.807) is 0 Å². The molecule has 3 fully saturated rings. The zero-order chi connectivity index (χ0) is 16.1. The molecular weight excluding hydrogens is 274 g/mol. The highest BCUT2D eigenvalue weighted by Gasteiger charge is 2.56. The molecule has 3 nitrogen and oxygen atoms in total. The van der Waals surface area contributed by atoms with Crippen LogP contribution in [-0.4, -0.2) is 29.0 Å². The van der Waals surface area contributed by atoms with E-state index in [9.17, 15) is 10.2 Å². The molecule has 0 spiro atoms. The SMILES string of the molecule is C=C1CCC2[C@H](O)C([C@@]3(C)CC[C@H](O)C[C@@H]3CN)CC[C@]12C. The molecule has 0 aliphatic heterocycles. The first-order valence-electron chi connectivity index (χ1n) is 9.07. The predicted octanol–water partition coefficient (Wildman–Crippen LogP) is 2.86. The summed E-state index contributed by atoms with van der Waals surface area (Å²) in [6.07, 6.45) is 6.55. The third-order valence-corrected chi connectivity index (χ3v) is 7.82. The third-order valence-electron chi connectivity index (χ3n) is 7.82. The Morgan fingerprint density at radius 3 is 2.55 bits per heavy atom. The van der Waals surface area contributed by atoms with Crippen LogP contribution in [0.1, 0.15) is 58.8 Å². The Morgan fingerprint density at radius 1 is 1.14 bits per heavy atom. The molecule has 3 aliphatic rings. The summed E-state index contributed by atoms with van der Waals surface area (Å²) in [6, 6.07) is 0. The van der Waals surface area contributed by atoms with Crippen molar-refractivity contribution < 1.29 is 10.2 Å². The summed E-state index contributed by atoms with van der Waals surface area (Å²) in [5.41, 5.74) is 7.59. The summed E-state index contributed by atoms with van der Waals surface area (Å²) in [7, 11) is 0. The van der Waals surface area contributed by atoms with E-state index in [-0.39, 0.29) is 23.0 Å². The predicted molar refractivity (Wildman–Crippen MR) is 89.2 cm³/mol. The van der Waals surface area contributed by atoms with Crippen LogP contribution < -0.4 is 5.73 Å². The van der Waals surface area contributed by atoms with Gasteiger partial charge in [0.1, 0.15) is 0 Å². The van der Waals surface area contributed by atoms with Gasteiger partial charge in [-0.25, -0.2) is 0 Å². The Labute approximate surface area is 135 Å². The molecule has 4 N–H and O–H groups in total. The van der Waals surface area contributed by atoms with Gasteiger partial charge in [-0.05, 0) is 80.1 Å². The number of hydrogen-bond donors (Lipinski definition) is 3. The Morgan fingerprint density at radius 2 is 1.86 bits per heavy atom. The van der Waals surface area contributed by atoms with Crippen LogP contribution >= 0.6 is 0 Å². The van der Waals surface area contributed by atoms with Crippen LogP contribution in [-0.2, 0) is 0 Å². The Kier molecular flexibility index (Phi) is 4.20. The van der Waals surface area contributed by atoms with Crippen LogP contribution in [0.15, 0.2) is 12.2 Å². The Bertz CT molecular complexity index is 451. The van der Waals surface area contributed by atoms with Crippen molar-refractivity contribution in [1.29, 1.82) is 0 Å². The van der Waals surface area contributed by atoms with Crippen molar-refractivity contribution in [1.82, 2.24) is 0 Å². The molecule has 2 unspecified atom stereocenters. The summed E-state index contributed by atoms with van der Waals surface area (Å²) >= 11 is 0. The molecule has 3 aliphatic carbocycles. The lowest BCUT2D eigenvalue weighted by Crippen LogP contribution is -2.54. The highest BCUT2D eigenvalue weighted by atomic mass is 16.3. The number of fused-ring (bicyclic) bond motifs is 1. The Hall–Kier alpha value is -0.380. The topological polar surface area (TPSA) is 66.5 Å². The van der Waals surface area contributed by atoms with Crippen molar-refractivity contribution in [3.63, 3.8) is 0 Å². The zero-order valence-electron chi connectivity index (χ0n) is 14.2. The molecule has 3 rings (SSSR count). The van der Waals surface area contributed by atoms with Gasteiger partial charge in [-0.2, -0.15) is 0 Å². The smallest absolute Gasteiger partial charge is 0.0610 e. The first kappa shape index (κ1) is 16.5. The second-order valence-corrected chi connectivity index (χ2v) is 8.67. The van der Waals surface area contributed by atoms with Crippen molar-refractivity contribution in [3.05, 3.63) is 12.2 Å². The molecule has 0 aromatic heterocycles. The zero-order valence-corrected chi connectivity index (χ0v) is 14.2. The van der Waals surface area contributed by atoms with E-state index in [0.717, 1.165) is 44.9 Å². The molecule has 22 heavy (non-hydrogen) atoms. The van der Waals surface area contributed by atoms with Gasteiger partial charge in [0.15, 0.2) is 0 Å². The molecule has 0 bridgehead atoms. The number of aliphatic hydroxyl groups is 2. The van der Waals surface area contributed by atoms with E-state index in [0.29, 0.717) is 24.3 Å². The summed E-state index contributed by atoms with van der Waals surface area (Å²) in [5.74, 6) is 1.00. The quantitative estimate of drug-likeness (QED) is 0.687. The second kappa shape index (κ2) is 5.61. The molecule has 0 aromatic carbocycles. The van der Waals surface area contributed by atoms with Gasteiger partial charge < -0.3 is 15.9 Å². The number of nitrogens with two attached hydrogens (primary N) is 1. The average Bonchev–Trinajstić information content (AvgIpc) is 2.78. The maximum Gasteiger partial charge on any atom is 0.0610 e. The summed E-state index contributed by atoms with van der Waals surface area (Å²) in [4.78, 5) is 0. The number of hydrogen-bond acceptors (Lipinski definition) is 3. The second-order valence-electron chi connectivity index (χ2n) is 8.67. The van der Waals surface area contributed by atoms with Gasteiger partial charge in [0, 0.05) is 0 Å². The molecule has 0 amide bonds. The van der Waals surface area contributed by atoms with Gasteiger partial charge in [-0.1, -0.05) is 26.0 Å². The highest BCUT2D eigenvalue weighted by Crippen LogP contribution is 2.60. The number of rotatable bonds is 2.